The third-order valence-electron chi connectivity index (χ3n) is 4.27. The quantitative estimate of drug-likeness (QED) is 0.347. The number of nitrogens with one attached hydrogen (secondary N) is 1. The molecule has 0 spiro atoms. The molecular weight excluding hydrogens is 242 g/mol. The standard InChI is InChI=1S/C19H41N/c1-5-7-9-10-11-12-13-15-17-20-18-19(3,4)16-14-8-6-2/h20H,5-18H2,1-4H3. The van der Waals surface area contributed by atoms with E-state index >= 15 is 0 Å². The Balaban J connectivity index is 3.25. The fraction of sp³-hybridized carbons (Fsp3) is 1.00. The smallest absolute Gasteiger partial charge is 0.000252 e. The molecule has 0 aliphatic carbocycles. The second-order valence-corrected chi connectivity index (χ2v) is 7.27. The summed E-state index contributed by atoms with van der Waals surface area (Å²) in [5, 5.41) is 3.66. The zero-order valence-electron chi connectivity index (χ0n) is 14.9. The van der Waals surface area contributed by atoms with Crippen LogP contribution in [-0.2, 0) is 0 Å². The maximum Gasteiger partial charge on any atom is 0.000252 e. The first-order valence-corrected chi connectivity index (χ1v) is 9.33. The van der Waals surface area contributed by atoms with Gasteiger partial charge in [0, 0.05) is 6.54 Å². The predicted molar refractivity (Wildman–Crippen MR) is 93.4 cm³/mol. The van der Waals surface area contributed by atoms with E-state index in [1.54, 1.807) is 0 Å². The van der Waals surface area contributed by atoms with E-state index in [9.17, 15) is 0 Å². The van der Waals surface area contributed by atoms with Gasteiger partial charge in [0.25, 0.3) is 0 Å². The lowest BCUT2D eigenvalue weighted by molar-refractivity contribution is 0.301. The lowest BCUT2D eigenvalue weighted by Gasteiger charge is -2.25. The molecular formula is C19H41N. The Morgan fingerprint density at radius 3 is 1.75 bits per heavy atom. The van der Waals surface area contributed by atoms with Gasteiger partial charge < -0.3 is 5.32 Å². The molecule has 0 aromatic carbocycles. The van der Waals surface area contributed by atoms with Gasteiger partial charge in [0.2, 0.25) is 0 Å². The van der Waals surface area contributed by atoms with Gasteiger partial charge in [0.05, 0.1) is 0 Å². The van der Waals surface area contributed by atoms with Gasteiger partial charge in [-0.1, -0.05) is 91.9 Å². The van der Waals surface area contributed by atoms with Crippen molar-refractivity contribution in [3.63, 3.8) is 0 Å². The Morgan fingerprint density at radius 1 is 0.650 bits per heavy atom. The molecule has 0 heterocycles. The lowest BCUT2D eigenvalue weighted by Crippen LogP contribution is -2.30. The van der Waals surface area contributed by atoms with Gasteiger partial charge in [0.1, 0.15) is 0 Å². The molecule has 0 amide bonds. The summed E-state index contributed by atoms with van der Waals surface area (Å²) in [6.45, 7) is 11.8. The Hall–Kier alpha value is -0.0400. The second kappa shape index (κ2) is 13.9. The molecule has 0 saturated carbocycles. The topological polar surface area (TPSA) is 12.0 Å². The summed E-state index contributed by atoms with van der Waals surface area (Å²) in [5.41, 5.74) is 0.481. The number of rotatable bonds is 15. The van der Waals surface area contributed by atoms with Crippen LogP contribution in [0.2, 0.25) is 0 Å². The highest BCUT2D eigenvalue weighted by Gasteiger charge is 2.16. The van der Waals surface area contributed by atoms with E-state index in [0.29, 0.717) is 5.41 Å². The average Bonchev–Trinajstić information content (AvgIpc) is 2.41. The minimum Gasteiger partial charge on any atom is -0.316 e. The molecule has 0 saturated heterocycles. The molecule has 0 aliphatic rings. The van der Waals surface area contributed by atoms with Crippen LogP contribution in [0.3, 0.4) is 0 Å². The van der Waals surface area contributed by atoms with Crippen LogP contribution < -0.4 is 5.32 Å². The number of unbranched alkanes of at least 4 members (excludes halogenated alkanes) is 9. The van der Waals surface area contributed by atoms with Crippen LogP contribution in [0.1, 0.15) is 105 Å². The third kappa shape index (κ3) is 14.4. The maximum absolute atomic E-state index is 3.66. The fourth-order valence-corrected chi connectivity index (χ4v) is 2.75. The van der Waals surface area contributed by atoms with Crippen LogP contribution in [-0.4, -0.2) is 13.1 Å². The van der Waals surface area contributed by atoms with Gasteiger partial charge in [-0.25, -0.2) is 0 Å². The molecule has 0 aromatic rings. The summed E-state index contributed by atoms with van der Waals surface area (Å²) in [6.07, 6.45) is 16.8. The Kier molecular flexibility index (Phi) is 13.9. The minimum atomic E-state index is 0.481. The molecule has 122 valence electrons. The highest BCUT2D eigenvalue weighted by molar-refractivity contribution is 4.71. The van der Waals surface area contributed by atoms with Crippen molar-refractivity contribution in [2.75, 3.05) is 13.1 Å². The summed E-state index contributed by atoms with van der Waals surface area (Å²) in [6, 6.07) is 0. The summed E-state index contributed by atoms with van der Waals surface area (Å²) in [5.74, 6) is 0. The van der Waals surface area contributed by atoms with Crippen LogP contribution in [0.25, 0.3) is 0 Å². The average molecular weight is 284 g/mol. The van der Waals surface area contributed by atoms with Gasteiger partial charge in [0.15, 0.2) is 0 Å². The number of hydrogen-bond donors (Lipinski definition) is 1. The Labute approximate surface area is 129 Å². The van der Waals surface area contributed by atoms with Crippen molar-refractivity contribution in [3.05, 3.63) is 0 Å². The van der Waals surface area contributed by atoms with Crippen LogP contribution in [0.5, 0.6) is 0 Å². The zero-order valence-corrected chi connectivity index (χ0v) is 14.9. The van der Waals surface area contributed by atoms with E-state index in [2.05, 4.69) is 33.0 Å². The van der Waals surface area contributed by atoms with Crippen LogP contribution in [0.15, 0.2) is 0 Å². The first kappa shape index (κ1) is 20.0. The van der Waals surface area contributed by atoms with Gasteiger partial charge in [-0.15, -0.1) is 0 Å². The summed E-state index contributed by atoms with van der Waals surface area (Å²) < 4.78 is 0. The van der Waals surface area contributed by atoms with Gasteiger partial charge in [-0.3, -0.25) is 0 Å². The highest BCUT2D eigenvalue weighted by Crippen LogP contribution is 2.22. The van der Waals surface area contributed by atoms with E-state index in [1.807, 2.05) is 0 Å². The molecule has 0 fully saturated rings. The van der Waals surface area contributed by atoms with Crippen molar-refractivity contribution in [1.29, 1.82) is 0 Å². The van der Waals surface area contributed by atoms with Gasteiger partial charge in [-0.2, -0.15) is 0 Å². The van der Waals surface area contributed by atoms with Crippen LogP contribution in [0, 0.1) is 5.41 Å². The fourth-order valence-electron chi connectivity index (χ4n) is 2.75. The molecule has 0 radical (unpaired) electrons. The van der Waals surface area contributed by atoms with Gasteiger partial charge in [-0.05, 0) is 24.8 Å². The number of hydrogen-bond acceptors (Lipinski definition) is 1. The molecule has 0 bridgehead atoms. The SMILES string of the molecule is CCCCCCCCCCNCC(C)(C)CCCCC. The van der Waals surface area contributed by atoms with E-state index < -0.39 is 0 Å². The lowest BCUT2D eigenvalue weighted by atomic mass is 9.87. The molecule has 1 nitrogen and oxygen atoms in total. The Bertz CT molecular complexity index is 186. The van der Waals surface area contributed by atoms with Crippen molar-refractivity contribution in [3.8, 4) is 0 Å². The van der Waals surface area contributed by atoms with Crippen LogP contribution >= 0.6 is 0 Å². The normalized spacial score (nSPS) is 12.0. The van der Waals surface area contributed by atoms with Gasteiger partial charge >= 0.3 is 0 Å². The van der Waals surface area contributed by atoms with Crippen molar-refractivity contribution in [2.24, 2.45) is 5.41 Å². The molecule has 0 atom stereocenters. The van der Waals surface area contributed by atoms with E-state index in [0.717, 1.165) is 0 Å². The second-order valence-electron chi connectivity index (χ2n) is 7.27. The molecule has 0 rings (SSSR count). The van der Waals surface area contributed by atoms with Crippen LogP contribution in [0.4, 0.5) is 0 Å². The third-order valence-corrected chi connectivity index (χ3v) is 4.27. The molecule has 1 N–H and O–H groups in total. The zero-order chi connectivity index (χ0) is 15.1. The maximum atomic E-state index is 3.66. The first-order valence-electron chi connectivity index (χ1n) is 9.33. The largest absolute Gasteiger partial charge is 0.316 e. The summed E-state index contributed by atoms with van der Waals surface area (Å²) in [7, 11) is 0. The van der Waals surface area contributed by atoms with Crippen molar-refractivity contribution < 1.29 is 0 Å². The molecule has 20 heavy (non-hydrogen) atoms. The monoisotopic (exact) mass is 283 g/mol. The van der Waals surface area contributed by atoms with E-state index in [4.69, 9.17) is 0 Å². The van der Waals surface area contributed by atoms with Crippen molar-refractivity contribution in [2.45, 2.75) is 105 Å². The van der Waals surface area contributed by atoms with Crippen molar-refractivity contribution in [1.82, 2.24) is 5.32 Å². The summed E-state index contributed by atoms with van der Waals surface area (Å²) in [4.78, 5) is 0. The van der Waals surface area contributed by atoms with E-state index in [-0.39, 0.29) is 0 Å². The molecule has 0 unspecified atom stereocenters. The predicted octanol–water partition coefficient (Wildman–Crippen LogP) is 6.32. The summed E-state index contributed by atoms with van der Waals surface area (Å²) >= 11 is 0. The molecule has 0 aromatic heterocycles. The first-order chi connectivity index (χ1) is 9.62. The van der Waals surface area contributed by atoms with E-state index in [1.165, 1.54) is 90.1 Å². The minimum absolute atomic E-state index is 0.481. The van der Waals surface area contributed by atoms with Crippen molar-refractivity contribution >= 4 is 0 Å². The highest BCUT2D eigenvalue weighted by atomic mass is 14.9. The molecule has 0 aliphatic heterocycles. The Morgan fingerprint density at radius 2 is 1.15 bits per heavy atom. The molecule has 1 heteroatoms.